The smallest absolute Gasteiger partial charge is 0.273 e. The van der Waals surface area contributed by atoms with Gasteiger partial charge in [-0.2, -0.15) is 0 Å². The highest BCUT2D eigenvalue weighted by atomic mass is 35.5. The Labute approximate surface area is 120 Å². The molecule has 6 nitrogen and oxygen atoms in total. The van der Waals surface area contributed by atoms with E-state index in [4.69, 9.17) is 5.73 Å². The van der Waals surface area contributed by atoms with Crippen LogP contribution in [0.2, 0.25) is 0 Å². The van der Waals surface area contributed by atoms with E-state index in [0.717, 1.165) is 19.4 Å². The van der Waals surface area contributed by atoms with Crippen LogP contribution in [0.25, 0.3) is 0 Å². The molecule has 0 aliphatic carbocycles. The van der Waals surface area contributed by atoms with Gasteiger partial charge in [0.1, 0.15) is 0 Å². The molecule has 1 aromatic rings. The second-order valence-corrected chi connectivity index (χ2v) is 5.07. The van der Waals surface area contributed by atoms with Crippen LogP contribution in [-0.2, 0) is 6.54 Å². The number of rotatable bonds is 7. The fourth-order valence-electron chi connectivity index (χ4n) is 1.41. The van der Waals surface area contributed by atoms with Gasteiger partial charge in [-0.1, -0.05) is 19.1 Å². The second-order valence-electron chi connectivity index (χ2n) is 5.07. The van der Waals surface area contributed by atoms with Crippen molar-refractivity contribution in [3.63, 3.8) is 0 Å². The lowest BCUT2D eigenvalue weighted by Crippen LogP contribution is -2.29. The van der Waals surface area contributed by atoms with Crippen LogP contribution >= 0.6 is 12.4 Å². The lowest BCUT2D eigenvalue weighted by Gasteiger charge is -2.05. The molecule has 0 saturated heterocycles. The van der Waals surface area contributed by atoms with E-state index in [9.17, 15) is 4.79 Å². The van der Waals surface area contributed by atoms with Crippen LogP contribution in [0.3, 0.4) is 0 Å². The number of hydrogen-bond acceptors (Lipinski definition) is 4. The van der Waals surface area contributed by atoms with Crippen LogP contribution in [0.5, 0.6) is 0 Å². The summed E-state index contributed by atoms with van der Waals surface area (Å²) in [7, 11) is 0. The maximum absolute atomic E-state index is 11.7. The third-order valence-corrected chi connectivity index (χ3v) is 2.59. The number of amides is 1. The Morgan fingerprint density at radius 3 is 2.68 bits per heavy atom. The molecule has 19 heavy (non-hydrogen) atoms. The molecule has 1 atom stereocenters. The van der Waals surface area contributed by atoms with E-state index in [0.29, 0.717) is 18.2 Å². The number of carbonyl (C=O) groups excluding carboxylic acids is 1. The summed E-state index contributed by atoms with van der Waals surface area (Å²) in [6, 6.07) is 0.0898. The molecule has 110 valence electrons. The minimum Gasteiger partial charge on any atom is -0.351 e. The van der Waals surface area contributed by atoms with Crippen LogP contribution in [-0.4, -0.2) is 33.5 Å². The quantitative estimate of drug-likeness (QED) is 0.790. The van der Waals surface area contributed by atoms with E-state index in [1.807, 2.05) is 6.92 Å². The first-order valence-electron chi connectivity index (χ1n) is 6.43. The fraction of sp³-hybridized carbons (Fsp3) is 0.750. The molecular formula is C12H24ClN5O. The molecule has 1 rings (SSSR count). The number of aryl methyl sites for hydroxylation is 1. The molecule has 0 aliphatic rings. The van der Waals surface area contributed by atoms with Gasteiger partial charge in [0.2, 0.25) is 0 Å². The molecule has 7 heteroatoms. The molecule has 0 spiro atoms. The van der Waals surface area contributed by atoms with Crippen molar-refractivity contribution in [3.05, 3.63) is 11.9 Å². The SMILES string of the molecule is CC(C)CCn1cc(C(=O)NCCC(C)N)nn1.Cl. The van der Waals surface area contributed by atoms with Gasteiger partial charge in [0.15, 0.2) is 5.69 Å². The number of aromatic nitrogens is 3. The fourth-order valence-corrected chi connectivity index (χ4v) is 1.41. The van der Waals surface area contributed by atoms with Gasteiger partial charge in [-0.05, 0) is 25.7 Å². The predicted octanol–water partition coefficient (Wildman–Crippen LogP) is 1.21. The van der Waals surface area contributed by atoms with Crippen LogP contribution in [0.4, 0.5) is 0 Å². The second kappa shape index (κ2) is 8.87. The highest BCUT2D eigenvalue weighted by Gasteiger charge is 2.10. The van der Waals surface area contributed by atoms with Crippen molar-refractivity contribution >= 4 is 18.3 Å². The Morgan fingerprint density at radius 1 is 1.42 bits per heavy atom. The number of carbonyl (C=O) groups is 1. The number of hydrogen-bond donors (Lipinski definition) is 2. The Bertz CT molecular complexity index is 378. The number of nitrogens with zero attached hydrogens (tertiary/aromatic N) is 3. The van der Waals surface area contributed by atoms with Gasteiger partial charge in [-0.3, -0.25) is 9.48 Å². The van der Waals surface area contributed by atoms with Crippen molar-refractivity contribution in [1.82, 2.24) is 20.3 Å². The molecule has 1 aromatic heterocycles. The Hall–Kier alpha value is -1.14. The normalized spacial score (nSPS) is 12.1. The third-order valence-electron chi connectivity index (χ3n) is 2.59. The molecule has 0 bridgehead atoms. The molecule has 1 heterocycles. The van der Waals surface area contributed by atoms with Crippen molar-refractivity contribution < 1.29 is 4.79 Å². The lowest BCUT2D eigenvalue weighted by atomic mass is 10.1. The zero-order chi connectivity index (χ0) is 13.5. The van der Waals surface area contributed by atoms with Crippen molar-refractivity contribution in [3.8, 4) is 0 Å². The highest BCUT2D eigenvalue weighted by molar-refractivity contribution is 5.91. The largest absolute Gasteiger partial charge is 0.351 e. The van der Waals surface area contributed by atoms with E-state index >= 15 is 0 Å². The highest BCUT2D eigenvalue weighted by Crippen LogP contribution is 2.02. The molecule has 0 aromatic carbocycles. The van der Waals surface area contributed by atoms with E-state index < -0.39 is 0 Å². The molecule has 0 saturated carbocycles. The average molecular weight is 290 g/mol. The van der Waals surface area contributed by atoms with Crippen molar-refractivity contribution in [2.45, 2.75) is 46.2 Å². The Morgan fingerprint density at radius 2 is 2.11 bits per heavy atom. The first-order valence-corrected chi connectivity index (χ1v) is 6.43. The average Bonchev–Trinajstić information content (AvgIpc) is 2.74. The predicted molar refractivity (Wildman–Crippen MR) is 77.3 cm³/mol. The summed E-state index contributed by atoms with van der Waals surface area (Å²) in [4.78, 5) is 11.7. The van der Waals surface area contributed by atoms with Gasteiger partial charge in [-0.15, -0.1) is 17.5 Å². The first kappa shape index (κ1) is 17.9. The van der Waals surface area contributed by atoms with Crippen molar-refractivity contribution in [2.24, 2.45) is 11.7 Å². The summed E-state index contributed by atoms with van der Waals surface area (Å²) in [6.07, 6.45) is 3.46. The number of nitrogens with two attached hydrogens (primary N) is 1. The van der Waals surface area contributed by atoms with Crippen molar-refractivity contribution in [1.29, 1.82) is 0 Å². The maximum Gasteiger partial charge on any atom is 0.273 e. The molecular weight excluding hydrogens is 266 g/mol. The summed E-state index contributed by atoms with van der Waals surface area (Å²) in [6.45, 7) is 7.57. The van der Waals surface area contributed by atoms with E-state index in [1.54, 1.807) is 10.9 Å². The monoisotopic (exact) mass is 289 g/mol. The van der Waals surface area contributed by atoms with Gasteiger partial charge in [0, 0.05) is 19.1 Å². The number of halogens is 1. The molecule has 0 fully saturated rings. The molecule has 0 radical (unpaired) electrons. The standard InChI is InChI=1S/C12H23N5O.ClH/c1-9(2)5-7-17-8-11(15-16-17)12(18)14-6-4-10(3)13;/h8-10H,4-7,13H2,1-3H3,(H,14,18);1H. The Balaban J connectivity index is 0.00000324. The Kier molecular flexibility index (Phi) is 8.34. The van der Waals surface area contributed by atoms with E-state index in [1.165, 1.54) is 0 Å². The summed E-state index contributed by atoms with van der Waals surface area (Å²) < 4.78 is 1.71. The molecule has 1 unspecified atom stereocenters. The third kappa shape index (κ3) is 7.12. The summed E-state index contributed by atoms with van der Waals surface area (Å²) >= 11 is 0. The van der Waals surface area contributed by atoms with E-state index in [-0.39, 0.29) is 24.4 Å². The van der Waals surface area contributed by atoms with Crippen LogP contribution in [0.1, 0.15) is 44.1 Å². The first-order chi connectivity index (χ1) is 8.49. The maximum atomic E-state index is 11.7. The van der Waals surface area contributed by atoms with Gasteiger partial charge >= 0.3 is 0 Å². The summed E-state index contributed by atoms with van der Waals surface area (Å²) in [5.41, 5.74) is 5.97. The van der Waals surface area contributed by atoms with Gasteiger partial charge < -0.3 is 11.1 Å². The van der Waals surface area contributed by atoms with Crippen LogP contribution in [0, 0.1) is 5.92 Å². The zero-order valence-corrected chi connectivity index (χ0v) is 12.6. The number of nitrogens with one attached hydrogen (secondary N) is 1. The van der Waals surface area contributed by atoms with E-state index in [2.05, 4.69) is 29.5 Å². The van der Waals surface area contributed by atoms with Crippen LogP contribution < -0.4 is 11.1 Å². The van der Waals surface area contributed by atoms with Crippen LogP contribution in [0.15, 0.2) is 6.20 Å². The minimum absolute atomic E-state index is 0. The zero-order valence-electron chi connectivity index (χ0n) is 11.8. The molecule has 3 N–H and O–H groups in total. The van der Waals surface area contributed by atoms with Gasteiger partial charge in [0.05, 0.1) is 6.20 Å². The summed E-state index contributed by atoms with van der Waals surface area (Å²) in [5, 5.41) is 10.6. The molecule has 0 aliphatic heterocycles. The molecule has 1 amide bonds. The van der Waals surface area contributed by atoms with Crippen molar-refractivity contribution in [2.75, 3.05) is 6.54 Å². The minimum atomic E-state index is -0.188. The van der Waals surface area contributed by atoms with Gasteiger partial charge in [-0.25, -0.2) is 0 Å². The van der Waals surface area contributed by atoms with Gasteiger partial charge in [0.25, 0.3) is 5.91 Å². The lowest BCUT2D eigenvalue weighted by molar-refractivity contribution is 0.0947. The summed E-state index contributed by atoms with van der Waals surface area (Å²) in [5.74, 6) is 0.420. The topological polar surface area (TPSA) is 85.8 Å².